The van der Waals surface area contributed by atoms with Crippen LogP contribution < -0.4 is 5.73 Å². The molecule has 0 unspecified atom stereocenters. The SMILES string of the molecule is CCCc1c(N)cnn1Cc1ccccc1Br. The van der Waals surface area contributed by atoms with Crippen molar-refractivity contribution in [2.24, 2.45) is 0 Å². The first-order chi connectivity index (χ1) is 8.22. The largest absolute Gasteiger partial charge is 0.396 e. The van der Waals surface area contributed by atoms with Gasteiger partial charge in [-0.3, -0.25) is 4.68 Å². The van der Waals surface area contributed by atoms with Crippen molar-refractivity contribution < 1.29 is 0 Å². The number of nitrogens with zero attached hydrogens (tertiary/aromatic N) is 2. The van der Waals surface area contributed by atoms with Gasteiger partial charge in [0.05, 0.1) is 24.1 Å². The Hall–Kier alpha value is -1.29. The maximum atomic E-state index is 5.92. The van der Waals surface area contributed by atoms with Crippen molar-refractivity contribution >= 4 is 21.6 Å². The highest BCUT2D eigenvalue weighted by molar-refractivity contribution is 9.10. The lowest BCUT2D eigenvalue weighted by Crippen LogP contribution is -2.07. The summed E-state index contributed by atoms with van der Waals surface area (Å²) in [7, 11) is 0. The van der Waals surface area contributed by atoms with Crippen LogP contribution in [0.15, 0.2) is 34.9 Å². The number of hydrogen-bond donors (Lipinski definition) is 1. The molecule has 1 heterocycles. The van der Waals surface area contributed by atoms with Crippen molar-refractivity contribution in [1.82, 2.24) is 9.78 Å². The number of nitrogens with two attached hydrogens (primary N) is 1. The van der Waals surface area contributed by atoms with Crippen molar-refractivity contribution in [3.8, 4) is 0 Å². The summed E-state index contributed by atoms with van der Waals surface area (Å²) in [6, 6.07) is 8.18. The van der Waals surface area contributed by atoms with E-state index in [4.69, 9.17) is 5.73 Å². The molecule has 0 atom stereocenters. The number of aromatic nitrogens is 2. The van der Waals surface area contributed by atoms with Gasteiger partial charge in [-0.05, 0) is 18.1 Å². The van der Waals surface area contributed by atoms with E-state index >= 15 is 0 Å². The van der Waals surface area contributed by atoms with E-state index in [1.54, 1.807) is 6.20 Å². The van der Waals surface area contributed by atoms with Crippen LogP contribution in [0.25, 0.3) is 0 Å². The van der Waals surface area contributed by atoms with Crippen molar-refractivity contribution in [3.05, 3.63) is 46.2 Å². The molecule has 0 saturated heterocycles. The van der Waals surface area contributed by atoms with Crippen LogP contribution in [0.1, 0.15) is 24.6 Å². The molecular formula is C13H16BrN3. The molecule has 2 rings (SSSR count). The summed E-state index contributed by atoms with van der Waals surface area (Å²) in [5.74, 6) is 0. The molecule has 2 N–H and O–H groups in total. The predicted molar refractivity (Wildman–Crippen MR) is 73.9 cm³/mol. The number of nitrogen functional groups attached to an aromatic ring is 1. The third-order valence-corrected chi connectivity index (χ3v) is 3.52. The lowest BCUT2D eigenvalue weighted by molar-refractivity contribution is 0.637. The Kier molecular flexibility index (Phi) is 3.84. The van der Waals surface area contributed by atoms with Crippen molar-refractivity contribution in [3.63, 3.8) is 0 Å². The van der Waals surface area contributed by atoms with Crippen LogP contribution in [0, 0.1) is 0 Å². The smallest absolute Gasteiger partial charge is 0.0733 e. The van der Waals surface area contributed by atoms with Gasteiger partial charge in [-0.15, -0.1) is 0 Å². The summed E-state index contributed by atoms with van der Waals surface area (Å²) in [4.78, 5) is 0. The van der Waals surface area contributed by atoms with Gasteiger partial charge in [0, 0.05) is 4.47 Å². The Morgan fingerprint density at radius 1 is 1.35 bits per heavy atom. The number of benzene rings is 1. The molecule has 90 valence electrons. The third kappa shape index (κ3) is 2.69. The maximum Gasteiger partial charge on any atom is 0.0733 e. The van der Waals surface area contributed by atoms with E-state index in [0.717, 1.165) is 35.2 Å². The Balaban J connectivity index is 2.27. The van der Waals surface area contributed by atoms with Crippen LogP contribution in [0.4, 0.5) is 5.69 Å². The zero-order chi connectivity index (χ0) is 12.3. The first-order valence-electron chi connectivity index (χ1n) is 5.76. The van der Waals surface area contributed by atoms with Crippen LogP contribution >= 0.6 is 15.9 Å². The molecule has 0 aliphatic carbocycles. The normalized spacial score (nSPS) is 10.7. The van der Waals surface area contributed by atoms with E-state index < -0.39 is 0 Å². The fourth-order valence-electron chi connectivity index (χ4n) is 1.86. The minimum atomic E-state index is 0.758. The Bertz CT molecular complexity index is 505. The van der Waals surface area contributed by atoms with Crippen LogP contribution in [0.3, 0.4) is 0 Å². The van der Waals surface area contributed by atoms with E-state index in [1.807, 2.05) is 22.9 Å². The average molecular weight is 294 g/mol. The molecule has 17 heavy (non-hydrogen) atoms. The quantitative estimate of drug-likeness (QED) is 0.941. The molecule has 0 spiro atoms. The Morgan fingerprint density at radius 3 is 2.82 bits per heavy atom. The van der Waals surface area contributed by atoms with Crippen molar-refractivity contribution in [2.75, 3.05) is 5.73 Å². The summed E-state index contributed by atoms with van der Waals surface area (Å²) >= 11 is 3.55. The maximum absolute atomic E-state index is 5.92. The van der Waals surface area contributed by atoms with Gasteiger partial charge in [-0.1, -0.05) is 47.5 Å². The fraction of sp³-hybridized carbons (Fsp3) is 0.308. The summed E-state index contributed by atoms with van der Waals surface area (Å²) < 4.78 is 3.09. The topological polar surface area (TPSA) is 43.8 Å². The van der Waals surface area contributed by atoms with Gasteiger partial charge >= 0.3 is 0 Å². The molecule has 0 radical (unpaired) electrons. The highest BCUT2D eigenvalue weighted by Crippen LogP contribution is 2.20. The van der Waals surface area contributed by atoms with Gasteiger partial charge in [-0.25, -0.2) is 0 Å². The average Bonchev–Trinajstić information content (AvgIpc) is 2.65. The zero-order valence-electron chi connectivity index (χ0n) is 9.86. The number of halogens is 1. The molecule has 3 nitrogen and oxygen atoms in total. The molecular weight excluding hydrogens is 278 g/mol. The zero-order valence-corrected chi connectivity index (χ0v) is 11.4. The second-order valence-corrected chi connectivity index (χ2v) is 4.90. The highest BCUT2D eigenvalue weighted by atomic mass is 79.9. The first kappa shape index (κ1) is 12.2. The Morgan fingerprint density at radius 2 is 2.12 bits per heavy atom. The highest BCUT2D eigenvalue weighted by Gasteiger charge is 2.08. The lowest BCUT2D eigenvalue weighted by Gasteiger charge is -2.09. The molecule has 1 aromatic carbocycles. The minimum Gasteiger partial charge on any atom is -0.396 e. The summed E-state index contributed by atoms with van der Waals surface area (Å²) in [5.41, 5.74) is 9.06. The van der Waals surface area contributed by atoms with Crippen LogP contribution in [-0.4, -0.2) is 9.78 Å². The molecule has 0 aliphatic heterocycles. The van der Waals surface area contributed by atoms with Gasteiger partial charge in [-0.2, -0.15) is 5.10 Å². The molecule has 0 aliphatic rings. The minimum absolute atomic E-state index is 0.758. The summed E-state index contributed by atoms with van der Waals surface area (Å²) in [6.45, 7) is 2.91. The molecule has 0 amide bonds. The van der Waals surface area contributed by atoms with Crippen molar-refractivity contribution in [1.29, 1.82) is 0 Å². The number of anilines is 1. The van der Waals surface area contributed by atoms with Gasteiger partial charge in [0.2, 0.25) is 0 Å². The predicted octanol–water partition coefficient (Wildman–Crippen LogP) is 3.23. The van der Waals surface area contributed by atoms with Gasteiger partial charge < -0.3 is 5.73 Å². The summed E-state index contributed by atoms with van der Waals surface area (Å²) in [6.07, 6.45) is 3.78. The first-order valence-corrected chi connectivity index (χ1v) is 6.55. The second kappa shape index (κ2) is 5.36. The molecule has 2 aromatic rings. The van der Waals surface area contributed by atoms with Gasteiger partial charge in [0.15, 0.2) is 0 Å². The fourth-order valence-corrected chi connectivity index (χ4v) is 2.27. The van der Waals surface area contributed by atoms with Crippen LogP contribution in [0.5, 0.6) is 0 Å². The lowest BCUT2D eigenvalue weighted by atomic mass is 10.2. The third-order valence-electron chi connectivity index (χ3n) is 2.75. The van der Waals surface area contributed by atoms with E-state index in [0.29, 0.717) is 0 Å². The van der Waals surface area contributed by atoms with E-state index in [2.05, 4.69) is 34.0 Å². The molecule has 4 heteroatoms. The van der Waals surface area contributed by atoms with E-state index in [1.165, 1.54) is 5.56 Å². The number of rotatable bonds is 4. The van der Waals surface area contributed by atoms with Crippen LogP contribution in [-0.2, 0) is 13.0 Å². The molecule has 0 bridgehead atoms. The number of hydrogen-bond acceptors (Lipinski definition) is 2. The van der Waals surface area contributed by atoms with E-state index in [-0.39, 0.29) is 0 Å². The standard InChI is InChI=1S/C13H16BrN3/c1-2-5-13-12(15)8-16-17(13)9-10-6-3-4-7-11(10)14/h3-4,6-8H,2,5,9,15H2,1H3. The summed E-state index contributed by atoms with van der Waals surface area (Å²) in [5, 5.41) is 4.34. The van der Waals surface area contributed by atoms with E-state index in [9.17, 15) is 0 Å². The van der Waals surface area contributed by atoms with Crippen molar-refractivity contribution in [2.45, 2.75) is 26.3 Å². The molecule has 1 aromatic heterocycles. The van der Waals surface area contributed by atoms with Gasteiger partial charge in [0.1, 0.15) is 0 Å². The van der Waals surface area contributed by atoms with Gasteiger partial charge in [0.25, 0.3) is 0 Å². The van der Waals surface area contributed by atoms with Crippen LogP contribution in [0.2, 0.25) is 0 Å². The second-order valence-electron chi connectivity index (χ2n) is 4.05. The molecule has 0 fully saturated rings. The molecule has 0 saturated carbocycles. The Labute approximate surface area is 110 Å². The monoisotopic (exact) mass is 293 g/mol.